The van der Waals surface area contributed by atoms with Crippen LogP contribution in [0.4, 0.5) is 0 Å². The Hall–Kier alpha value is -2.30. The molecule has 0 bridgehead atoms. The maximum atomic E-state index is 12.8. The summed E-state index contributed by atoms with van der Waals surface area (Å²) in [6.45, 7) is 4.17. The highest BCUT2D eigenvalue weighted by Crippen LogP contribution is 2.40. The van der Waals surface area contributed by atoms with Crippen LogP contribution in [0.15, 0.2) is 28.8 Å². The molecule has 0 spiro atoms. The maximum Gasteiger partial charge on any atom is 0.251 e. The Morgan fingerprint density at radius 2 is 2.00 bits per heavy atom. The second-order valence-corrected chi connectivity index (χ2v) is 8.41. The first-order chi connectivity index (χ1) is 13.6. The van der Waals surface area contributed by atoms with Crippen molar-refractivity contribution < 1.29 is 14.1 Å². The number of ether oxygens (including phenoxy) is 1. The summed E-state index contributed by atoms with van der Waals surface area (Å²) >= 11 is 0. The van der Waals surface area contributed by atoms with Gasteiger partial charge in [-0.3, -0.25) is 4.79 Å². The lowest BCUT2D eigenvalue weighted by Gasteiger charge is -2.39. The van der Waals surface area contributed by atoms with Gasteiger partial charge in [-0.1, -0.05) is 36.9 Å². The summed E-state index contributed by atoms with van der Waals surface area (Å²) in [6.07, 6.45) is 8.97. The molecule has 1 N–H and O–H groups in total. The van der Waals surface area contributed by atoms with Gasteiger partial charge in [-0.25, -0.2) is 0 Å². The number of aromatic nitrogens is 1. The molecule has 150 valence electrons. The van der Waals surface area contributed by atoms with Gasteiger partial charge in [0, 0.05) is 11.6 Å². The molecule has 2 aliphatic rings. The summed E-state index contributed by atoms with van der Waals surface area (Å²) in [4.78, 5) is 12.8. The van der Waals surface area contributed by atoms with Crippen molar-refractivity contribution in [1.29, 1.82) is 0 Å². The number of carbonyl (C=O) groups is 1. The highest BCUT2D eigenvalue weighted by atomic mass is 16.5. The van der Waals surface area contributed by atoms with E-state index in [0.29, 0.717) is 24.0 Å². The topological polar surface area (TPSA) is 64.4 Å². The lowest BCUT2D eigenvalue weighted by Crippen LogP contribution is -2.41. The van der Waals surface area contributed by atoms with Crippen LogP contribution in [0, 0.1) is 25.7 Å². The molecule has 0 unspecified atom stereocenters. The Morgan fingerprint density at radius 3 is 2.79 bits per heavy atom. The average molecular weight is 383 g/mol. The smallest absolute Gasteiger partial charge is 0.251 e. The van der Waals surface area contributed by atoms with Crippen molar-refractivity contribution >= 4 is 5.91 Å². The van der Waals surface area contributed by atoms with E-state index in [1.165, 1.54) is 32.1 Å². The van der Waals surface area contributed by atoms with Crippen molar-refractivity contribution in [2.45, 2.75) is 71.4 Å². The lowest BCUT2D eigenvalue weighted by molar-refractivity contribution is 0.0879. The van der Waals surface area contributed by atoms with Crippen molar-refractivity contribution in [1.82, 2.24) is 10.5 Å². The van der Waals surface area contributed by atoms with Gasteiger partial charge in [-0.2, -0.15) is 0 Å². The lowest BCUT2D eigenvalue weighted by atomic mass is 9.69. The SMILES string of the molecule is Cc1noc(C)c1COc1cccc(C(=O)N[C@@H]2CC[C@H]3CCCC[C@@H]3C2)c1. The summed E-state index contributed by atoms with van der Waals surface area (Å²) in [7, 11) is 0. The van der Waals surface area contributed by atoms with Crippen LogP contribution < -0.4 is 10.1 Å². The predicted molar refractivity (Wildman–Crippen MR) is 107 cm³/mol. The minimum Gasteiger partial charge on any atom is -0.489 e. The van der Waals surface area contributed by atoms with E-state index in [4.69, 9.17) is 9.26 Å². The van der Waals surface area contributed by atoms with Crippen molar-refractivity contribution in [3.8, 4) is 5.75 Å². The highest BCUT2D eigenvalue weighted by molar-refractivity contribution is 5.94. The molecule has 2 saturated carbocycles. The van der Waals surface area contributed by atoms with Crippen LogP contribution in [0.1, 0.15) is 72.3 Å². The molecule has 1 amide bonds. The van der Waals surface area contributed by atoms with Gasteiger partial charge < -0.3 is 14.6 Å². The Kier molecular flexibility index (Phi) is 5.69. The monoisotopic (exact) mass is 382 g/mol. The van der Waals surface area contributed by atoms with Crippen LogP contribution >= 0.6 is 0 Å². The number of rotatable bonds is 5. The number of amides is 1. The fraction of sp³-hybridized carbons (Fsp3) is 0.565. The fourth-order valence-corrected chi connectivity index (χ4v) is 4.86. The third-order valence-electron chi connectivity index (χ3n) is 6.54. The average Bonchev–Trinajstić information content (AvgIpc) is 3.04. The number of hydrogen-bond donors (Lipinski definition) is 1. The summed E-state index contributed by atoms with van der Waals surface area (Å²) in [5.74, 6) is 3.15. The second-order valence-electron chi connectivity index (χ2n) is 8.41. The number of hydrogen-bond acceptors (Lipinski definition) is 4. The summed E-state index contributed by atoms with van der Waals surface area (Å²) in [5, 5.41) is 7.21. The van der Waals surface area contributed by atoms with Crippen LogP contribution in [-0.4, -0.2) is 17.1 Å². The van der Waals surface area contributed by atoms with E-state index in [1.807, 2.05) is 38.1 Å². The highest BCUT2D eigenvalue weighted by Gasteiger charge is 2.32. The predicted octanol–water partition coefficient (Wildman–Crippen LogP) is 4.96. The molecule has 0 aliphatic heterocycles. The van der Waals surface area contributed by atoms with E-state index in [0.717, 1.165) is 41.7 Å². The number of carbonyl (C=O) groups excluding carboxylic acids is 1. The van der Waals surface area contributed by atoms with Gasteiger partial charge in [0.2, 0.25) is 0 Å². The molecular formula is C23H30N2O3. The molecule has 0 saturated heterocycles. The minimum atomic E-state index is 0.00190. The number of benzene rings is 1. The van der Waals surface area contributed by atoms with Gasteiger partial charge in [0.15, 0.2) is 0 Å². The third kappa shape index (κ3) is 4.23. The second kappa shape index (κ2) is 8.38. The third-order valence-corrected chi connectivity index (χ3v) is 6.54. The molecule has 0 radical (unpaired) electrons. The Labute approximate surface area is 166 Å². The molecule has 2 aromatic rings. The quantitative estimate of drug-likeness (QED) is 0.794. The number of nitrogens with one attached hydrogen (secondary N) is 1. The standard InChI is InChI=1S/C23H30N2O3/c1-15-22(16(2)28-25-15)14-27-21-9-5-8-19(13-21)23(26)24-20-11-10-17-6-3-4-7-18(17)12-20/h5,8-9,13,17-18,20H,3-4,6-7,10-12,14H2,1-2H3,(H,24,26)/t17-,18-,20-/m1/s1. The minimum absolute atomic E-state index is 0.00190. The molecule has 2 aliphatic carbocycles. The van der Waals surface area contributed by atoms with Gasteiger partial charge in [0.1, 0.15) is 18.1 Å². The Bertz CT molecular complexity index is 810. The number of aryl methyl sites for hydroxylation is 2. The molecule has 1 aromatic carbocycles. The van der Waals surface area contributed by atoms with Gasteiger partial charge >= 0.3 is 0 Å². The Balaban J connectivity index is 1.35. The van der Waals surface area contributed by atoms with Crippen LogP contribution in [0.25, 0.3) is 0 Å². The van der Waals surface area contributed by atoms with Gasteiger partial charge in [-0.05, 0) is 63.1 Å². The molecule has 4 rings (SSSR count). The van der Waals surface area contributed by atoms with E-state index in [9.17, 15) is 4.79 Å². The van der Waals surface area contributed by atoms with Crippen LogP contribution in [0.2, 0.25) is 0 Å². The van der Waals surface area contributed by atoms with Crippen molar-refractivity contribution in [3.63, 3.8) is 0 Å². The van der Waals surface area contributed by atoms with Crippen molar-refractivity contribution in [3.05, 3.63) is 46.8 Å². The summed E-state index contributed by atoms with van der Waals surface area (Å²) in [6, 6.07) is 7.72. The van der Waals surface area contributed by atoms with Crippen LogP contribution in [0.5, 0.6) is 5.75 Å². The first-order valence-electron chi connectivity index (χ1n) is 10.6. The summed E-state index contributed by atoms with van der Waals surface area (Å²) < 4.78 is 11.1. The molecule has 1 heterocycles. The van der Waals surface area contributed by atoms with E-state index in [1.54, 1.807) is 0 Å². The molecular weight excluding hydrogens is 352 g/mol. The van der Waals surface area contributed by atoms with Gasteiger partial charge in [-0.15, -0.1) is 0 Å². The largest absolute Gasteiger partial charge is 0.489 e. The number of fused-ring (bicyclic) bond motifs is 1. The van der Waals surface area contributed by atoms with E-state index >= 15 is 0 Å². The Morgan fingerprint density at radius 1 is 1.18 bits per heavy atom. The first kappa shape index (κ1) is 19.0. The number of nitrogens with zero attached hydrogens (tertiary/aromatic N) is 1. The summed E-state index contributed by atoms with van der Waals surface area (Å²) in [5.41, 5.74) is 2.45. The van der Waals surface area contributed by atoms with Crippen LogP contribution in [-0.2, 0) is 6.61 Å². The molecule has 5 nitrogen and oxygen atoms in total. The van der Waals surface area contributed by atoms with Crippen molar-refractivity contribution in [2.24, 2.45) is 11.8 Å². The van der Waals surface area contributed by atoms with E-state index in [2.05, 4.69) is 10.5 Å². The molecule has 28 heavy (non-hydrogen) atoms. The molecule has 1 aromatic heterocycles. The molecule has 2 fully saturated rings. The van der Waals surface area contributed by atoms with E-state index < -0.39 is 0 Å². The van der Waals surface area contributed by atoms with Crippen LogP contribution in [0.3, 0.4) is 0 Å². The zero-order chi connectivity index (χ0) is 19.5. The molecule has 3 atom stereocenters. The first-order valence-corrected chi connectivity index (χ1v) is 10.6. The maximum absolute atomic E-state index is 12.8. The zero-order valence-electron chi connectivity index (χ0n) is 16.9. The van der Waals surface area contributed by atoms with E-state index in [-0.39, 0.29) is 5.91 Å². The molecule has 5 heteroatoms. The van der Waals surface area contributed by atoms with Gasteiger partial charge in [0.05, 0.1) is 11.3 Å². The normalized spacial score (nSPS) is 24.4. The van der Waals surface area contributed by atoms with Crippen molar-refractivity contribution in [2.75, 3.05) is 0 Å². The van der Waals surface area contributed by atoms with Gasteiger partial charge in [0.25, 0.3) is 5.91 Å². The fourth-order valence-electron chi connectivity index (χ4n) is 4.86. The zero-order valence-corrected chi connectivity index (χ0v) is 16.9.